The average molecular weight is 247 g/mol. The predicted molar refractivity (Wildman–Crippen MR) is 80.7 cm³/mol. The third kappa shape index (κ3) is 5.22. The molecule has 0 saturated carbocycles. The molecule has 0 bridgehead atoms. The summed E-state index contributed by atoms with van der Waals surface area (Å²) in [5.41, 5.74) is 8.74. The minimum Gasteiger partial charge on any atom is -0.322 e. The van der Waals surface area contributed by atoms with Crippen LogP contribution in [-0.2, 0) is 12.0 Å². The number of benzene rings is 1. The van der Waals surface area contributed by atoms with E-state index in [0.717, 1.165) is 0 Å². The lowest BCUT2D eigenvalue weighted by Crippen LogP contribution is -2.30. The number of unbranched alkanes of at least 4 members (excludes halogenated alkanes) is 5. The van der Waals surface area contributed by atoms with Crippen LogP contribution in [0.3, 0.4) is 0 Å². The van der Waals surface area contributed by atoms with Crippen molar-refractivity contribution in [2.75, 3.05) is 0 Å². The zero-order valence-electron chi connectivity index (χ0n) is 12.3. The van der Waals surface area contributed by atoms with Crippen LogP contribution in [-0.4, -0.2) is 0 Å². The van der Waals surface area contributed by atoms with Crippen molar-refractivity contribution < 1.29 is 0 Å². The van der Waals surface area contributed by atoms with Crippen molar-refractivity contribution in [1.82, 2.24) is 0 Å². The Hall–Kier alpha value is -0.820. The number of rotatable bonds is 8. The molecule has 0 heterocycles. The zero-order chi connectivity index (χ0) is 13.4. The van der Waals surface area contributed by atoms with E-state index in [2.05, 4.69) is 45.0 Å². The lowest BCUT2D eigenvalue weighted by atomic mass is 9.89. The first kappa shape index (κ1) is 15.2. The van der Waals surface area contributed by atoms with Gasteiger partial charge in [-0.25, -0.2) is 0 Å². The van der Waals surface area contributed by atoms with Crippen LogP contribution in [0.4, 0.5) is 0 Å². The van der Waals surface area contributed by atoms with E-state index < -0.39 is 0 Å². The standard InChI is InChI=1S/C17H29N/c1-4-5-6-7-8-9-12-15-13-10-11-14-16(15)17(2,3)18/h10-11,13-14H,4-9,12,18H2,1-3H3. The summed E-state index contributed by atoms with van der Waals surface area (Å²) in [6, 6.07) is 8.62. The van der Waals surface area contributed by atoms with Crippen molar-refractivity contribution in [2.24, 2.45) is 5.73 Å². The molecule has 1 aromatic carbocycles. The van der Waals surface area contributed by atoms with Gasteiger partial charge in [-0.3, -0.25) is 0 Å². The van der Waals surface area contributed by atoms with Gasteiger partial charge >= 0.3 is 0 Å². The summed E-state index contributed by atoms with van der Waals surface area (Å²) in [5, 5.41) is 0. The third-order valence-electron chi connectivity index (χ3n) is 3.51. The molecule has 0 radical (unpaired) electrons. The molecule has 0 unspecified atom stereocenters. The van der Waals surface area contributed by atoms with Crippen molar-refractivity contribution in [3.63, 3.8) is 0 Å². The van der Waals surface area contributed by atoms with E-state index in [9.17, 15) is 0 Å². The summed E-state index contributed by atoms with van der Waals surface area (Å²) < 4.78 is 0. The number of hydrogen-bond donors (Lipinski definition) is 1. The lowest BCUT2D eigenvalue weighted by Gasteiger charge is -2.22. The van der Waals surface area contributed by atoms with E-state index in [4.69, 9.17) is 5.73 Å². The molecule has 0 aliphatic rings. The third-order valence-corrected chi connectivity index (χ3v) is 3.51. The molecule has 102 valence electrons. The molecule has 1 nitrogen and oxygen atoms in total. The van der Waals surface area contributed by atoms with Crippen LogP contribution in [0, 0.1) is 0 Å². The number of nitrogens with two attached hydrogens (primary N) is 1. The molecule has 0 atom stereocenters. The second-order valence-electron chi connectivity index (χ2n) is 5.90. The van der Waals surface area contributed by atoms with Crippen molar-refractivity contribution >= 4 is 0 Å². The van der Waals surface area contributed by atoms with Gasteiger partial charge in [0.2, 0.25) is 0 Å². The molecule has 18 heavy (non-hydrogen) atoms. The maximum atomic E-state index is 6.23. The van der Waals surface area contributed by atoms with Crippen LogP contribution in [0.15, 0.2) is 24.3 Å². The molecular weight excluding hydrogens is 218 g/mol. The molecule has 1 heteroatoms. The SMILES string of the molecule is CCCCCCCCc1ccccc1C(C)(C)N. The van der Waals surface area contributed by atoms with Gasteiger partial charge in [0.25, 0.3) is 0 Å². The lowest BCUT2D eigenvalue weighted by molar-refractivity contribution is 0.542. The molecule has 0 amide bonds. The van der Waals surface area contributed by atoms with Gasteiger partial charge in [-0.15, -0.1) is 0 Å². The first-order valence-electron chi connectivity index (χ1n) is 7.43. The van der Waals surface area contributed by atoms with Crippen LogP contribution in [0.5, 0.6) is 0 Å². The Bertz CT molecular complexity index is 336. The predicted octanol–water partition coefficient (Wildman–Crippen LogP) is 4.78. The number of hydrogen-bond acceptors (Lipinski definition) is 1. The molecule has 0 aliphatic heterocycles. The maximum absolute atomic E-state index is 6.23. The van der Waals surface area contributed by atoms with E-state index in [0.29, 0.717) is 0 Å². The van der Waals surface area contributed by atoms with Gasteiger partial charge in [0.1, 0.15) is 0 Å². The van der Waals surface area contributed by atoms with Gasteiger partial charge in [0.05, 0.1) is 0 Å². The van der Waals surface area contributed by atoms with Crippen LogP contribution in [0.1, 0.15) is 70.4 Å². The van der Waals surface area contributed by atoms with Crippen molar-refractivity contribution in [2.45, 2.75) is 71.3 Å². The van der Waals surface area contributed by atoms with Gasteiger partial charge in [-0.2, -0.15) is 0 Å². The van der Waals surface area contributed by atoms with Crippen molar-refractivity contribution in [3.8, 4) is 0 Å². The highest BCUT2D eigenvalue weighted by atomic mass is 14.7. The molecule has 2 N–H and O–H groups in total. The molecule has 1 aromatic rings. The highest BCUT2D eigenvalue weighted by Gasteiger charge is 2.17. The largest absolute Gasteiger partial charge is 0.322 e. The summed E-state index contributed by atoms with van der Waals surface area (Å²) in [6.45, 7) is 6.44. The smallest absolute Gasteiger partial charge is 0.0355 e. The minimum atomic E-state index is -0.223. The van der Waals surface area contributed by atoms with Gasteiger partial charge in [-0.05, 0) is 37.8 Å². The van der Waals surface area contributed by atoms with Gasteiger partial charge in [-0.1, -0.05) is 63.3 Å². The summed E-state index contributed by atoms with van der Waals surface area (Å²) in [7, 11) is 0. The Morgan fingerprint density at radius 1 is 0.944 bits per heavy atom. The fourth-order valence-electron chi connectivity index (χ4n) is 2.46. The van der Waals surface area contributed by atoms with Crippen LogP contribution in [0.2, 0.25) is 0 Å². The first-order chi connectivity index (χ1) is 8.55. The zero-order valence-corrected chi connectivity index (χ0v) is 12.3. The van der Waals surface area contributed by atoms with E-state index in [1.807, 2.05) is 0 Å². The minimum absolute atomic E-state index is 0.223. The van der Waals surface area contributed by atoms with Crippen LogP contribution in [0.25, 0.3) is 0 Å². The highest BCUT2D eigenvalue weighted by molar-refractivity contribution is 5.32. The Labute approximate surface area is 113 Å². The summed E-state index contributed by atoms with van der Waals surface area (Å²) in [4.78, 5) is 0. The maximum Gasteiger partial charge on any atom is 0.0355 e. The van der Waals surface area contributed by atoms with E-state index in [1.54, 1.807) is 0 Å². The van der Waals surface area contributed by atoms with Crippen molar-refractivity contribution in [3.05, 3.63) is 35.4 Å². The molecule has 0 fully saturated rings. The molecule has 0 saturated heterocycles. The Kier molecular flexibility index (Phi) is 6.42. The molecular formula is C17H29N. The Morgan fingerprint density at radius 2 is 1.56 bits per heavy atom. The van der Waals surface area contributed by atoms with E-state index in [1.165, 1.54) is 56.1 Å². The van der Waals surface area contributed by atoms with Crippen LogP contribution >= 0.6 is 0 Å². The van der Waals surface area contributed by atoms with Crippen LogP contribution < -0.4 is 5.73 Å². The van der Waals surface area contributed by atoms with Crippen molar-refractivity contribution in [1.29, 1.82) is 0 Å². The monoisotopic (exact) mass is 247 g/mol. The van der Waals surface area contributed by atoms with Gasteiger partial charge in [0, 0.05) is 5.54 Å². The first-order valence-corrected chi connectivity index (χ1v) is 7.43. The fraction of sp³-hybridized carbons (Fsp3) is 0.647. The average Bonchev–Trinajstić information content (AvgIpc) is 2.33. The second-order valence-corrected chi connectivity index (χ2v) is 5.90. The summed E-state index contributed by atoms with van der Waals surface area (Å²) in [5.74, 6) is 0. The fourth-order valence-corrected chi connectivity index (χ4v) is 2.46. The Morgan fingerprint density at radius 3 is 2.22 bits per heavy atom. The summed E-state index contributed by atoms with van der Waals surface area (Å²) >= 11 is 0. The van der Waals surface area contributed by atoms with E-state index in [-0.39, 0.29) is 5.54 Å². The second kappa shape index (κ2) is 7.58. The molecule has 0 aromatic heterocycles. The molecule has 0 spiro atoms. The normalized spacial score (nSPS) is 11.8. The van der Waals surface area contributed by atoms with Gasteiger partial charge < -0.3 is 5.73 Å². The topological polar surface area (TPSA) is 26.0 Å². The van der Waals surface area contributed by atoms with Gasteiger partial charge in [0.15, 0.2) is 0 Å². The quantitative estimate of drug-likeness (QED) is 0.657. The highest BCUT2D eigenvalue weighted by Crippen LogP contribution is 2.23. The molecule has 1 rings (SSSR count). The number of aryl methyl sites for hydroxylation is 1. The molecule has 0 aliphatic carbocycles. The Balaban J connectivity index is 2.43. The summed E-state index contributed by atoms with van der Waals surface area (Å²) in [6.07, 6.45) is 9.28. The van der Waals surface area contributed by atoms with E-state index >= 15 is 0 Å².